The van der Waals surface area contributed by atoms with Gasteiger partial charge in [-0.2, -0.15) is 0 Å². The summed E-state index contributed by atoms with van der Waals surface area (Å²) in [5.74, 6) is 1.67. The van der Waals surface area contributed by atoms with Crippen molar-refractivity contribution >= 4 is 23.1 Å². The molecule has 0 atom stereocenters. The number of hydrogen-bond donors (Lipinski definition) is 2. The number of methoxy groups -OCH3 is 2. The molecule has 0 spiro atoms. The van der Waals surface area contributed by atoms with E-state index in [0.717, 1.165) is 16.8 Å². The van der Waals surface area contributed by atoms with Gasteiger partial charge in [-0.05, 0) is 49.2 Å². The fraction of sp³-hybridized carbons (Fsp3) is 0.182. The number of rotatable bonds is 6. The fourth-order valence-electron chi connectivity index (χ4n) is 2.89. The summed E-state index contributed by atoms with van der Waals surface area (Å²) in [4.78, 5) is 17.0. The Hall–Kier alpha value is -3.54. The number of anilines is 3. The summed E-state index contributed by atoms with van der Waals surface area (Å²) < 4.78 is 10.6. The highest BCUT2D eigenvalue weighted by atomic mass is 16.5. The lowest BCUT2D eigenvalue weighted by atomic mass is 10.1. The Labute approximate surface area is 164 Å². The average Bonchev–Trinajstić information content (AvgIpc) is 2.71. The zero-order valence-corrected chi connectivity index (χ0v) is 16.4. The third kappa shape index (κ3) is 4.23. The van der Waals surface area contributed by atoms with Crippen molar-refractivity contribution in [3.05, 3.63) is 71.4 Å². The van der Waals surface area contributed by atoms with Gasteiger partial charge in [0, 0.05) is 23.5 Å². The van der Waals surface area contributed by atoms with Crippen molar-refractivity contribution in [3.63, 3.8) is 0 Å². The van der Waals surface area contributed by atoms with Gasteiger partial charge in [0.25, 0.3) is 5.91 Å². The van der Waals surface area contributed by atoms with Crippen LogP contribution in [0.2, 0.25) is 0 Å². The lowest BCUT2D eigenvalue weighted by molar-refractivity contribution is 0.102. The van der Waals surface area contributed by atoms with E-state index >= 15 is 0 Å². The minimum absolute atomic E-state index is 0.194. The quantitative estimate of drug-likeness (QED) is 0.651. The molecule has 6 nitrogen and oxygen atoms in total. The van der Waals surface area contributed by atoms with Crippen LogP contribution in [0.3, 0.4) is 0 Å². The Bertz CT molecular complexity index is 982. The number of hydrogen-bond acceptors (Lipinski definition) is 5. The molecule has 3 rings (SSSR count). The molecule has 0 aliphatic rings. The maximum Gasteiger partial charge on any atom is 0.255 e. The van der Waals surface area contributed by atoms with Crippen molar-refractivity contribution in [1.29, 1.82) is 0 Å². The van der Waals surface area contributed by atoms with Crippen LogP contribution in [0.15, 0.2) is 54.7 Å². The number of nitrogens with zero attached hydrogens (tertiary/aromatic N) is 1. The largest absolute Gasteiger partial charge is 0.497 e. The van der Waals surface area contributed by atoms with Gasteiger partial charge in [-0.1, -0.05) is 18.2 Å². The fourth-order valence-corrected chi connectivity index (χ4v) is 2.89. The van der Waals surface area contributed by atoms with Crippen LogP contribution in [0.5, 0.6) is 11.5 Å². The number of pyridine rings is 1. The molecule has 0 saturated heterocycles. The number of aryl methyl sites for hydroxylation is 2. The molecule has 1 amide bonds. The summed E-state index contributed by atoms with van der Waals surface area (Å²) in [6, 6.07) is 14.7. The van der Waals surface area contributed by atoms with E-state index in [1.807, 2.05) is 44.2 Å². The van der Waals surface area contributed by atoms with Crippen molar-refractivity contribution in [2.45, 2.75) is 13.8 Å². The minimum Gasteiger partial charge on any atom is -0.497 e. The van der Waals surface area contributed by atoms with E-state index in [9.17, 15) is 4.79 Å². The lowest BCUT2D eigenvalue weighted by Gasteiger charge is -2.14. The first-order valence-electron chi connectivity index (χ1n) is 8.84. The highest BCUT2D eigenvalue weighted by Crippen LogP contribution is 2.31. The summed E-state index contributed by atoms with van der Waals surface area (Å²) in [6.45, 7) is 3.94. The molecule has 0 unspecified atom stereocenters. The van der Waals surface area contributed by atoms with E-state index in [-0.39, 0.29) is 5.91 Å². The number of amides is 1. The second-order valence-corrected chi connectivity index (χ2v) is 6.34. The first kappa shape index (κ1) is 19.2. The molecular weight excluding hydrogens is 354 g/mol. The number of nitrogens with one attached hydrogen (secondary N) is 2. The first-order valence-corrected chi connectivity index (χ1v) is 8.84. The molecule has 3 aromatic rings. The molecule has 28 heavy (non-hydrogen) atoms. The van der Waals surface area contributed by atoms with E-state index in [0.29, 0.717) is 28.6 Å². The topological polar surface area (TPSA) is 72.5 Å². The number of ether oxygens (including phenoxy) is 2. The third-order valence-electron chi connectivity index (χ3n) is 4.41. The lowest BCUT2D eigenvalue weighted by Crippen LogP contribution is -2.14. The van der Waals surface area contributed by atoms with Crippen LogP contribution in [0, 0.1) is 13.8 Å². The average molecular weight is 377 g/mol. The summed E-state index contributed by atoms with van der Waals surface area (Å²) >= 11 is 0. The van der Waals surface area contributed by atoms with E-state index in [4.69, 9.17) is 9.47 Å². The Morgan fingerprint density at radius 2 is 1.71 bits per heavy atom. The summed E-state index contributed by atoms with van der Waals surface area (Å²) in [6.07, 6.45) is 1.59. The molecule has 1 aromatic heterocycles. The Kier molecular flexibility index (Phi) is 5.79. The molecule has 2 N–H and O–H groups in total. The van der Waals surface area contributed by atoms with Gasteiger partial charge in [0.05, 0.1) is 19.9 Å². The van der Waals surface area contributed by atoms with Crippen LogP contribution in [-0.2, 0) is 0 Å². The van der Waals surface area contributed by atoms with Crippen molar-refractivity contribution < 1.29 is 14.3 Å². The molecule has 0 fully saturated rings. The number of carbonyl (C=O) groups excluding carboxylic acids is 1. The van der Waals surface area contributed by atoms with Crippen LogP contribution in [-0.4, -0.2) is 25.1 Å². The normalized spacial score (nSPS) is 10.3. The second-order valence-electron chi connectivity index (χ2n) is 6.34. The predicted octanol–water partition coefficient (Wildman–Crippen LogP) is 4.71. The molecule has 6 heteroatoms. The molecule has 0 bridgehead atoms. The molecule has 0 aliphatic carbocycles. The SMILES string of the molecule is COc1ccc(OC)c(Nc2cc(C(=O)Nc3c(C)cccc3C)ccn2)c1. The number of carbonyl (C=O) groups is 1. The molecule has 1 heterocycles. The molecule has 144 valence electrons. The van der Waals surface area contributed by atoms with Crippen molar-refractivity contribution in [2.24, 2.45) is 0 Å². The van der Waals surface area contributed by atoms with Crippen LogP contribution < -0.4 is 20.1 Å². The minimum atomic E-state index is -0.194. The standard InChI is InChI=1S/C22H23N3O3/c1-14-6-5-7-15(2)21(14)25-22(26)16-10-11-23-20(12-16)24-18-13-17(27-3)8-9-19(18)28-4/h5-13H,1-4H3,(H,23,24)(H,25,26). The van der Waals surface area contributed by atoms with Gasteiger partial charge in [0.15, 0.2) is 0 Å². The highest BCUT2D eigenvalue weighted by Gasteiger charge is 2.12. The zero-order valence-electron chi connectivity index (χ0n) is 16.4. The molecule has 0 saturated carbocycles. The summed E-state index contributed by atoms with van der Waals surface area (Å²) in [5, 5.41) is 6.17. The van der Waals surface area contributed by atoms with E-state index in [2.05, 4.69) is 15.6 Å². The van der Waals surface area contributed by atoms with Gasteiger partial charge < -0.3 is 20.1 Å². The van der Waals surface area contributed by atoms with Crippen LogP contribution >= 0.6 is 0 Å². The van der Waals surface area contributed by atoms with Gasteiger partial charge in [-0.3, -0.25) is 4.79 Å². The van der Waals surface area contributed by atoms with E-state index in [1.165, 1.54) is 0 Å². The molecular formula is C22H23N3O3. The van der Waals surface area contributed by atoms with Gasteiger partial charge >= 0.3 is 0 Å². The summed E-state index contributed by atoms with van der Waals surface area (Å²) in [7, 11) is 3.19. The highest BCUT2D eigenvalue weighted by molar-refractivity contribution is 6.05. The second kappa shape index (κ2) is 8.43. The van der Waals surface area contributed by atoms with Crippen molar-refractivity contribution in [2.75, 3.05) is 24.9 Å². The third-order valence-corrected chi connectivity index (χ3v) is 4.41. The van der Waals surface area contributed by atoms with E-state index < -0.39 is 0 Å². The monoisotopic (exact) mass is 377 g/mol. The van der Waals surface area contributed by atoms with Crippen molar-refractivity contribution in [1.82, 2.24) is 4.98 Å². The van der Waals surface area contributed by atoms with Gasteiger partial charge in [-0.15, -0.1) is 0 Å². The number of aromatic nitrogens is 1. The maximum atomic E-state index is 12.7. The van der Waals surface area contributed by atoms with Crippen LogP contribution in [0.1, 0.15) is 21.5 Å². The smallest absolute Gasteiger partial charge is 0.255 e. The van der Waals surface area contributed by atoms with Crippen LogP contribution in [0.4, 0.5) is 17.2 Å². The van der Waals surface area contributed by atoms with Gasteiger partial charge in [0.1, 0.15) is 17.3 Å². The van der Waals surface area contributed by atoms with Crippen molar-refractivity contribution in [3.8, 4) is 11.5 Å². The van der Waals surface area contributed by atoms with E-state index in [1.54, 1.807) is 38.6 Å². The number of benzene rings is 2. The summed E-state index contributed by atoms with van der Waals surface area (Å²) in [5.41, 5.74) is 4.06. The predicted molar refractivity (Wildman–Crippen MR) is 111 cm³/mol. The van der Waals surface area contributed by atoms with Gasteiger partial charge in [-0.25, -0.2) is 4.98 Å². The number of para-hydroxylation sites is 1. The molecule has 0 radical (unpaired) electrons. The first-order chi connectivity index (χ1) is 13.5. The zero-order chi connectivity index (χ0) is 20.1. The maximum absolute atomic E-state index is 12.7. The Morgan fingerprint density at radius 1 is 0.964 bits per heavy atom. The Balaban J connectivity index is 1.84. The molecule has 2 aromatic carbocycles. The molecule has 0 aliphatic heterocycles. The van der Waals surface area contributed by atoms with Gasteiger partial charge in [0.2, 0.25) is 0 Å². The Morgan fingerprint density at radius 3 is 2.39 bits per heavy atom. The van der Waals surface area contributed by atoms with Crippen LogP contribution in [0.25, 0.3) is 0 Å².